The third-order valence-corrected chi connectivity index (χ3v) is 2.77. The van der Waals surface area contributed by atoms with E-state index in [2.05, 4.69) is 13.0 Å². The fraction of sp³-hybridized carbons (Fsp3) is 0.200. The lowest BCUT2D eigenvalue weighted by Crippen LogP contribution is -1.94. The number of methoxy groups -OCH3 is 1. The van der Waals surface area contributed by atoms with Gasteiger partial charge in [-0.3, -0.25) is 0 Å². The highest BCUT2D eigenvalue weighted by molar-refractivity contribution is 5.57. The van der Waals surface area contributed by atoms with Gasteiger partial charge in [0.05, 0.1) is 12.8 Å². The molecule has 0 amide bonds. The Bertz CT molecular complexity index is 564. The summed E-state index contributed by atoms with van der Waals surface area (Å²) in [7, 11) is 1.61. The molecule has 0 saturated carbocycles. The van der Waals surface area contributed by atoms with Crippen molar-refractivity contribution in [2.24, 2.45) is 0 Å². The van der Waals surface area contributed by atoms with Crippen LogP contribution < -0.4 is 15.2 Å². The third kappa shape index (κ3) is 2.56. The highest BCUT2D eigenvalue weighted by Gasteiger charge is 2.06. The van der Waals surface area contributed by atoms with Gasteiger partial charge in [-0.2, -0.15) is 0 Å². The van der Waals surface area contributed by atoms with Crippen LogP contribution in [-0.2, 0) is 0 Å². The molecule has 18 heavy (non-hydrogen) atoms. The van der Waals surface area contributed by atoms with Crippen molar-refractivity contribution in [1.29, 1.82) is 0 Å². The van der Waals surface area contributed by atoms with E-state index < -0.39 is 0 Å². The lowest BCUT2D eigenvalue weighted by molar-refractivity contribution is 0.413. The molecule has 2 aromatic carbocycles. The van der Waals surface area contributed by atoms with Gasteiger partial charge in [0.15, 0.2) is 5.75 Å². The van der Waals surface area contributed by atoms with Crippen molar-refractivity contribution in [3.8, 4) is 17.2 Å². The molecular weight excluding hydrogens is 226 g/mol. The van der Waals surface area contributed by atoms with E-state index in [1.54, 1.807) is 13.2 Å². The van der Waals surface area contributed by atoms with Gasteiger partial charge in [-0.1, -0.05) is 17.7 Å². The van der Waals surface area contributed by atoms with E-state index in [4.69, 9.17) is 15.2 Å². The van der Waals surface area contributed by atoms with Crippen LogP contribution in [-0.4, -0.2) is 7.11 Å². The summed E-state index contributed by atoms with van der Waals surface area (Å²) in [5, 5.41) is 0. The second kappa shape index (κ2) is 5.00. The smallest absolute Gasteiger partial charge is 0.150 e. The van der Waals surface area contributed by atoms with Crippen molar-refractivity contribution in [3.05, 3.63) is 47.5 Å². The standard InChI is InChI=1S/C15H17NO2/c1-10-4-6-14(11(2)8-10)18-15-7-5-12(17-3)9-13(15)16/h4-9H,16H2,1-3H3. The Hall–Kier alpha value is -2.16. The molecule has 2 rings (SSSR count). The van der Waals surface area contributed by atoms with Gasteiger partial charge in [-0.25, -0.2) is 0 Å². The van der Waals surface area contributed by atoms with Crippen LogP contribution in [0.2, 0.25) is 0 Å². The molecule has 3 nitrogen and oxygen atoms in total. The SMILES string of the molecule is COc1ccc(Oc2ccc(C)cc2C)c(N)c1. The van der Waals surface area contributed by atoms with Gasteiger partial charge in [-0.15, -0.1) is 0 Å². The molecular formula is C15H17NO2. The number of anilines is 1. The Balaban J connectivity index is 2.28. The largest absolute Gasteiger partial charge is 0.497 e. The molecule has 0 fully saturated rings. The lowest BCUT2D eigenvalue weighted by Gasteiger charge is -2.12. The first kappa shape index (κ1) is 12.3. The van der Waals surface area contributed by atoms with Gasteiger partial charge in [0, 0.05) is 6.07 Å². The van der Waals surface area contributed by atoms with Crippen LogP contribution in [0.1, 0.15) is 11.1 Å². The van der Waals surface area contributed by atoms with Crippen LogP contribution in [0.3, 0.4) is 0 Å². The van der Waals surface area contributed by atoms with Crippen molar-refractivity contribution in [3.63, 3.8) is 0 Å². The number of nitrogens with two attached hydrogens (primary N) is 1. The summed E-state index contributed by atoms with van der Waals surface area (Å²) < 4.78 is 10.9. The van der Waals surface area contributed by atoms with Crippen LogP contribution in [0.15, 0.2) is 36.4 Å². The molecule has 0 radical (unpaired) electrons. The van der Waals surface area contributed by atoms with E-state index in [9.17, 15) is 0 Å². The van der Waals surface area contributed by atoms with Crippen molar-refractivity contribution in [2.45, 2.75) is 13.8 Å². The normalized spacial score (nSPS) is 10.2. The molecule has 0 aliphatic heterocycles. The number of benzene rings is 2. The average molecular weight is 243 g/mol. The Morgan fingerprint density at radius 3 is 2.28 bits per heavy atom. The zero-order valence-electron chi connectivity index (χ0n) is 10.9. The Kier molecular flexibility index (Phi) is 3.42. The molecule has 2 aromatic rings. The summed E-state index contributed by atoms with van der Waals surface area (Å²) in [6.07, 6.45) is 0. The van der Waals surface area contributed by atoms with E-state index in [0.717, 1.165) is 17.1 Å². The quantitative estimate of drug-likeness (QED) is 0.836. The highest BCUT2D eigenvalue weighted by Crippen LogP contribution is 2.32. The average Bonchev–Trinajstić information content (AvgIpc) is 2.34. The molecule has 0 aromatic heterocycles. The number of rotatable bonds is 3. The van der Waals surface area contributed by atoms with Crippen LogP contribution in [0.25, 0.3) is 0 Å². The maximum Gasteiger partial charge on any atom is 0.150 e. The molecule has 3 heteroatoms. The third-order valence-electron chi connectivity index (χ3n) is 2.77. The maximum absolute atomic E-state index is 5.92. The minimum atomic E-state index is 0.564. The van der Waals surface area contributed by atoms with Crippen LogP contribution in [0.5, 0.6) is 17.2 Å². The van der Waals surface area contributed by atoms with E-state index in [1.807, 2.05) is 31.2 Å². The number of aryl methyl sites for hydroxylation is 2. The van der Waals surface area contributed by atoms with E-state index in [0.29, 0.717) is 11.4 Å². The molecule has 0 heterocycles. The maximum atomic E-state index is 5.92. The fourth-order valence-electron chi connectivity index (χ4n) is 1.78. The van der Waals surface area contributed by atoms with Gasteiger partial charge < -0.3 is 15.2 Å². The molecule has 0 aliphatic carbocycles. The zero-order chi connectivity index (χ0) is 13.1. The number of nitrogen functional groups attached to an aromatic ring is 1. The summed E-state index contributed by atoms with van der Waals surface area (Å²) in [5.41, 5.74) is 8.78. The summed E-state index contributed by atoms with van der Waals surface area (Å²) in [4.78, 5) is 0. The van der Waals surface area contributed by atoms with E-state index in [1.165, 1.54) is 5.56 Å². The number of hydrogen-bond donors (Lipinski definition) is 1. The summed E-state index contributed by atoms with van der Waals surface area (Å²) >= 11 is 0. The first-order chi connectivity index (χ1) is 8.60. The minimum Gasteiger partial charge on any atom is -0.497 e. The topological polar surface area (TPSA) is 44.5 Å². The predicted molar refractivity (Wildman–Crippen MR) is 73.4 cm³/mol. The van der Waals surface area contributed by atoms with Gasteiger partial charge in [0.25, 0.3) is 0 Å². The van der Waals surface area contributed by atoms with Gasteiger partial charge in [0.1, 0.15) is 11.5 Å². The minimum absolute atomic E-state index is 0.564. The van der Waals surface area contributed by atoms with E-state index >= 15 is 0 Å². The van der Waals surface area contributed by atoms with Gasteiger partial charge in [-0.05, 0) is 37.6 Å². The van der Waals surface area contributed by atoms with E-state index in [-0.39, 0.29) is 0 Å². The number of ether oxygens (including phenoxy) is 2. The first-order valence-electron chi connectivity index (χ1n) is 5.79. The lowest BCUT2D eigenvalue weighted by atomic mass is 10.1. The second-order valence-corrected chi connectivity index (χ2v) is 4.27. The van der Waals surface area contributed by atoms with Crippen LogP contribution in [0, 0.1) is 13.8 Å². The van der Waals surface area contributed by atoms with Crippen molar-refractivity contribution in [2.75, 3.05) is 12.8 Å². The molecule has 0 saturated heterocycles. The molecule has 0 atom stereocenters. The molecule has 0 unspecified atom stereocenters. The Morgan fingerprint density at radius 1 is 0.944 bits per heavy atom. The van der Waals surface area contributed by atoms with Crippen molar-refractivity contribution < 1.29 is 9.47 Å². The summed E-state index contributed by atoms with van der Waals surface area (Å²) in [5.74, 6) is 2.18. The predicted octanol–water partition coefficient (Wildman–Crippen LogP) is 3.69. The Morgan fingerprint density at radius 2 is 1.67 bits per heavy atom. The first-order valence-corrected chi connectivity index (χ1v) is 5.79. The molecule has 0 spiro atoms. The molecule has 0 aliphatic rings. The number of hydrogen-bond acceptors (Lipinski definition) is 3. The summed E-state index contributed by atoms with van der Waals surface area (Å²) in [6, 6.07) is 11.4. The van der Waals surface area contributed by atoms with Gasteiger partial charge >= 0.3 is 0 Å². The van der Waals surface area contributed by atoms with Crippen molar-refractivity contribution >= 4 is 5.69 Å². The van der Waals surface area contributed by atoms with Crippen molar-refractivity contribution in [1.82, 2.24) is 0 Å². The molecule has 2 N–H and O–H groups in total. The second-order valence-electron chi connectivity index (χ2n) is 4.27. The monoisotopic (exact) mass is 243 g/mol. The Labute approximate surface area is 107 Å². The summed E-state index contributed by atoms with van der Waals surface area (Å²) in [6.45, 7) is 4.07. The fourth-order valence-corrected chi connectivity index (χ4v) is 1.78. The molecule has 0 bridgehead atoms. The van der Waals surface area contributed by atoms with Crippen LogP contribution in [0.4, 0.5) is 5.69 Å². The van der Waals surface area contributed by atoms with Crippen LogP contribution >= 0.6 is 0 Å². The van der Waals surface area contributed by atoms with Gasteiger partial charge in [0.2, 0.25) is 0 Å². The zero-order valence-corrected chi connectivity index (χ0v) is 10.9. The highest BCUT2D eigenvalue weighted by atomic mass is 16.5. The molecule has 94 valence electrons.